The molecular weight excluding hydrogens is 378 g/mol. The van der Waals surface area contributed by atoms with E-state index >= 15 is 0 Å². The molecule has 0 fully saturated rings. The van der Waals surface area contributed by atoms with Crippen molar-refractivity contribution in [3.8, 4) is 0 Å². The van der Waals surface area contributed by atoms with Crippen molar-refractivity contribution in [3.05, 3.63) is 35.4 Å². The fourth-order valence-corrected chi connectivity index (χ4v) is 2.92. The fourth-order valence-electron chi connectivity index (χ4n) is 2.92. The van der Waals surface area contributed by atoms with Gasteiger partial charge in [0.1, 0.15) is 6.61 Å². The summed E-state index contributed by atoms with van der Waals surface area (Å²) in [5.74, 6) is -2.95. The van der Waals surface area contributed by atoms with Crippen LogP contribution in [0.5, 0.6) is 0 Å². The maximum atomic E-state index is 13.1. The van der Waals surface area contributed by atoms with Gasteiger partial charge in [0.05, 0.1) is 19.4 Å². The van der Waals surface area contributed by atoms with Crippen LogP contribution >= 0.6 is 0 Å². The minimum absolute atomic E-state index is 0.0472. The Morgan fingerprint density at radius 2 is 1.31 bits per heavy atom. The van der Waals surface area contributed by atoms with Gasteiger partial charge in [-0.2, -0.15) is 0 Å². The van der Waals surface area contributed by atoms with Crippen molar-refractivity contribution in [2.24, 2.45) is 0 Å². The molecule has 0 atom stereocenters. The number of hydrogen-bond donors (Lipinski definition) is 0. The monoisotopic (exact) mass is 412 g/mol. The van der Waals surface area contributed by atoms with Gasteiger partial charge in [-0.3, -0.25) is 9.59 Å². The van der Waals surface area contributed by atoms with Crippen LogP contribution in [-0.2, 0) is 25.7 Å². The summed E-state index contributed by atoms with van der Waals surface area (Å²) < 4.78 is 36.0. The van der Waals surface area contributed by atoms with Crippen LogP contribution in [-0.4, -0.2) is 18.5 Å². The summed E-state index contributed by atoms with van der Waals surface area (Å²) in [4.78, 5) is 23.3. The molecule has 0 aromatic heterocycles. The first-order chi connectivity index (χ1) is 14.0. The van der Waals surface area contributed by atoms with E-state index in [0.29, 0.717) is 12.2 Å². The molecule has 0 heterocycles. The third-order valence-corrected chi connectivity index (χ3v) is 4.68. The molecule has 6 heteroatoms. The highest BCUT2D eigenvalue weighted by Crippen LogP contribution is 2.12. The maximum Gasteiger partial charge on any atom is 0.306 e. The summed E-state index contributed by atoms with van der Waals surface area (Å²) in [5, 5.41) is 0. The average molecular weight is 413 g/mol. The van der Waals surface area contributed by atoms with Gasteiger partial charge in [-0.05, 0) is 24.1 Å². The first-order valence-corrected chi connectivity index (χ1v) is 10.8. The first-order valence-electron chi connectivity index (χ1n) is 10.8. The lowest BCUT2D eigenvalue weighted by Gasteiger charge is -2.07. The van der Waals surface area contributed by atoms with E-state index in [4.69, 9.17) is 9.47 Å². The van der Waals surface area contributed by atoms with Crippen LogP contribution in [0.1, 0.15) is 89.5 Å². The van der Waals surface area contributed by atoms with Gasteiger partial charge in [0.15, 0.2) is 11.6 Å². The standard InChI is InChI=1S/C23H34F2O4/c1-2-3-4-5-6-7-8-9-10-11-16-28-22(26)14-15-23(27)29-18-19-12-13-20(24)21(25)17-19/h12-13,17H,2-11,14-16,18H2,1H3. The van der Waals surface area contributed by atoms with Crippen LogP contribution < -0.4 is 0 Å². The van der Waals surface area contributed by atoms with Crippen molar-refractivity contribution in [1.82, 2.24) is 0 Å². The molecular formula is C23H34F2O4. The van der Waals surface area contributed by atoms with Crippen LogP contribution in [0.4, 0.5) is 8.78 Å². The van der Waals surface area contributed by atoms with Crippen molar-refractivity contribution < 1.29 is 27.8 Å². The molecule has 0 bridgehead atoms. The highest BCUT2D eigenvalue weighted by molar-refractivity contribution is 5.77. The van der Waals surface area contributed by atoms with Gasteiger partial charge in [-0.1, -0.05) is 70.8 Å². The van der Waals surface area contributed by atoms with E-state index in [-0.39, 0.29) is 19.4 Å². The number of carbonyl (C=O) groups is 2. The molecule has 0 spiro atoms. The zero-order valence-corrected chi connectivity index (χ0v) is 17.5. The minimum Gasteiger partial charge on any atom is -0.466 e. The third-order valence-electron chi connectivity index (χ3n) is 4.68. The smallest absolute Gasteiger partial charge is 0.306 e. The third kappa shape index (κ3) is 13.0. The van der Waals surface area contributed by atoms with Crippen LogP contribution in [0.15, 0.2) is 18.2 Å². The minimum atomic E-state index is -0.992. The largest absolute Gasteiger partial charge is 0.466 e. The lowest BCUT2D eigenvalue weighted by Crippen LogP contribution is -2.11. The van der Waals surface area contributed by atoms with Gasteiger partial charge in [-0.25, -0.2) is 8.78 Å². The Bertz CT molecular complexity index is 605. The van der Waals surface area contributed by atoms with Crippen molar-refractivity contribution in [3.63, 3.8) is 0 Å². The van der Waals surface area contributed by atoms with E-state index in [1.165, 1.54) is 51.0 Å². The van der Waals surface area contributed by atoms with Gasteiger partial charge in [0.2, 0.25) is 0 Å². The lowest BCUT2D eigenvalue weighted by molar-refractivity contribution is -0.151. The second-order valence-corrected chi connectivity index (χ2v) is 7.31. The number of carbonyl (C=O) groups excluding carboxylic acids is 2. The average Bonchev–Trinajstić information content (AvgIpc) is 2.71. The van der Waals surface area contributed by atoms with Gasteiger partial charge in [0.25, 0.3) is 0 Å². The quantitative estimate of drug-likeness (QED) is 0.238. The first kappa shape index (κ1) is 25.1. The summed E-state index contributed by atoms with van der Waals surface area (Å²) in [6.07, 6.45) is 12.0. The number of unbranched alkanes of at least 4 members (excludes halogenated alkanes) is 9. The zero-order valence-electron chi connectivity index (χ0n) is 17.5. The van der Waals surface area contributed by atoms with Gasteiger partial charge in [0, 0.05) is 0 Å². The van der Waals surface area contributed by atoms with Crippen LogP contribution in [0.25, 0.3) is 0 Å². The lowest BCUT2D eigenvalue weighted by atomic mass is 10.1. The molecule has 0 amide bonds. The Morgan fingerprint density at radius 3 is 1.90 bits per heavy atom. The normalized spacial score (nSPS) is 10.7. The SMILES string of the molecule is CCCCCCCCCCCCOC(=O)CCC(=O)OCc1ccc(F)c(F)c1. The second kappa shape index (κ2) is 15.9. The van der Waals surface area contributed by atoms with E-state index in [9.17, 15) is 18.4 Å². The Hall–Kier alpha value is -1.98. The summed E-state index contributed by atoms with van der Waals surface area (Å²) in [5.41, 5.74) is 0.348. The number of ether oxygens (including phenoxy) is 2. The Labute approximate surface area is 173 Å². The number of esters is 2. The van der Waals surface area contributed by atoms with E-state index in [2.05, 4.69) is 6.92 Å². The van der Waals surface area contributed by atoms with Crippen molar-refractivity contribution >= 4 is 11.9 Å². The van der Waals surface area contributed by atoms with E-state index in [1.54, 1.807) is 0 Å². The Balaban J connectivity index is 1.96. The molecule has 164 valence electrons. The van der Waals surface area contributed by atoms with Crippen LogP contribution in [0.3, 0.4) is 0 Å². The van der Waals surface area contributed by atoms with Crippen LogP contribution in [0, 0.1) is 11.6 Å². The second-order valence-electron chi connectivity index (χ2n) is 7.31. The Morgan fingerprint density at radius 1 is 0.759 bits per heavy atom. The summed E-state index contributed by atoms with van der Waals surface area (Å²) in [7, 11) is 0. The molecule has 0 N–H and O–H groups in total. The predicted octanol–water partition coefficient (Wildman–Crippen LogP) is 6.25. The van der Waals surface area contributed by atoms with Crippen molar-refractivity contribution in [2.45, 2.75) is 90.6 Å². The molecule has 0 saturated heterocycles. The molecule has 4 nitrogen and oxygen atoms in total. The highest BCUT2D eigenvalue weighted by Gasteiger charge is 2.10. The van der Waals surface area contributed by atoms with Crippen molar-refractivity contribution in [2.75, 3.05) is 6.61 Å². The number of benzene rings is 1. The van der Waals surface area contributed by atoms with E-state index in [0.717, 1.165) is 31.4 Å². The number of hydrogen-bond acceptors (Lipinski definition) is 4. The predicted molar refractivity (Wildman–Crippen MR) is 108 cm³/mol. The summed E-state index contributed by atoms with van der Waals surface area (Å²) in [6.45, 7) is 2.43. The highest BCUT2D eigenvalue weighted by atomic mass is 19.2. The molecule has 0 radical (unpaired) electrons. The van der Waals surface area contributed by atoms with Crippen LogP contribution in [0.2, 0.25) is 0 Å². The molecule has 0 saturated carbocycles. The fraction of sp³-hybridized carbons (Fsp3) is 0.652. The van der Waals surface area contributed by atoms with Crippen molar-refractivity contribution in [1.29, 1.82) is 0 Å². The van der Waals surface area contributed by atoms with Gasteiger partial charge >= 0.3 is 11.9 Å². The molecule has 29 heavy (non-hydrogen) atoms. The number of rotatable bonds is 16. The zero-order chi connectivity index (χ0) is 21.3. The summed E-state index contributed by atoms with van der Waals surface area (Å²) in [6, 6.07) is 3.29. The molecule has 1 aromatic rings. The molecule has 0 unspecified atom stereocenters. The topological polar surface area (TPSA) is 52.6 Å². The van der Waals surface area contributed by atoms with E-state index in [1.807, 2.05) is 0 Å². The van der Waals surface area contributed by atoms with E-state index < -0.39 is 23.6 Å². The summed E-state index contributed by atoms with van der Waals surface area (Å²) >= 11 is 0. The van der Waals surface area contributed by atoms with Gasteiger partial charge < -0.3 is 9.47 Å². The molecule has 0 aliphatic carbocycles. The molecule has 0 aliphatic rings. The molecule has 1 aromatic carbocycles. The van der Waals surface area contributed by atoms with Gasteiger partial charge in [-0.15, -0.1) is 0 Å². The Kier molecular flexibility index (Phi) is 13.7. The molecule has 1 rings (SSSR count). The number of halogens is 2. The molecule has 0 aliphatic heterocycles. The maximum absolute atomic E-state index is 13.1.